The van der Waals surface area contributed by atoms with Crippen LogP contribution in [0.3, 0.4) is 0 Å². The fraction of sp³-hybridized carbons (Fsp3) is 0.750. The summed E-state index contributed by atoms with van der Waals surface area (Å²) in [4.78, 5) is 25.6. The van der Waals surface area contributed by atoms with E-state index in [1.807, 2.05) is 0 Å². The molecule has 0 radical (unpaired) electrons. The lowest BCUT2D eigenvalue weighted by Crippen LogP contribution is -2.56. The summed E-state index contributed by atoms with van der Waals surface area (Å²) < 4.78 is 28.1. The van der Waals surface area contributed by atoms with Crippen molar-refractivity contribution in [3.8, 4) is 0 Å². The number of hydrogen-bond acceptors (Lipinski definition) is 2. The zero-order valence-corrected chi connectivity index (χ0v) is 12.7. The number of nitrogens with one attached hydrogen (secondary N) is 1. The maximum Gasteiger partial charge on any atom is 0.266 e. The summed E-state index contributed by atoms with van der Waals surface area (Å²) >= 11 is 0. The van der Waals surface area contributed by atoms with Crippen molar-refractivity contribution in [2.45, 2.75) is 50.9 Å². The van der Waals surface area contributed by atoms with E-state index >= 15 is 0 Å². The monoisotopic (exact) mass is 312 g/mol. The minimum absolute atomic E-state index is 0.126. The van der Waals surface area contributed by atoms with Crippen LogP contribution in [0.25, 0.3) is 0 Å². The molecular weight excluding hydrogens is 290 g/mol. The zero-order valence-electron chi connectivity index (χ0n) is 12.7. The van der Waals surface area contributed by atoms with E-state index in [1.165, 1.54) is 4.90 Å². The molecule has 6 heteroatoms. The molecule has 2 fully saturated rings. The average molecular weight is 312 g/mol. The lowest BCUT2D eigenvalue weighted by atomic mass is 9.77. The first-order valence-electron chi connectivity index (χ1n) is 8.02. The number of nitrogens with zero attached hydrogens (tertiary/aromatic N) is 1. The lowest BCUT2D eigenvalue weighted by Gasteiger charge is -2.42. The molecule has 1 atom stereocenters. The van der Waals surface area contributed by atoms with Gasteiger partial charge in [0.2, 0.25) is 11.8 Å². The van der Waals surface area contributed by atoms with Crippen molar-refractivity contribution in [1.82, 2.24) is 10.2 Å². The number of piperidine rings is 1. The first-order chi connectivity index (χ1) is 10.4. The maximum absolute atomic E-state index is 14.1. The molecule has 0 aromatic heterocycles. The molecule has 1 aliphatic carbocycles. The summed E-state index contributed by atoms with van der Waals surface area (Å²) in [6.07, 6.45) is 6.23. The molecule has 3 rings (SSSR count). The van der Waals surface area contributed by atoms with Crippen LogP contribution in [0.1, 0.15) is 44.9 Å². The number of alkyl halides is 2. The molecule has 3 aliphatic rings. The molecule has 0 unspecified atom stereocenters. The summed E-state index contributed by atoms with van der Waals surface area (Å²) in [6.45, 7) is -0.0171. The van der Waals surface area contributed by atoms with Crippen molar-refractivity contribution in [2.24, 2.45) is 5.41 Å². The highest BCUT2D eigenvalue weighted by Gasteiger charge is 2.55. The molecule has 122 valence electrons. The van der Waals surface area contributed by atoms with E-state index in [2.05, 4.69) is 11.4 Å². The fourth-order valence-electron chi connectivity index (χ4n) is 3.89. The second-order valence-electron chi connectivity index (χ2n) is 6.85. The van der Waals surface area contributed by atoms with Gasteiger partial charge in [-0.2, -0.15) is 0 Å². The molecule has 0 aromatic rings. The van der Waals surface area contributed by atoms with Gasteiger partial charge in [-0.1, -0.05) is 11.6 Å². The largest absolute Gasteiger partial charge is 0.356 e. The van der Waals surface area contributed by atoms with Gasteiger partial charge in [-0.25, -0.2) is 8.78 Å². The van der Waals surface area contributed by atoms with Crippen LogP contribution in [0, 0.1) is 5.41 Å². The van der Waals surface area contributed by atoms with Crippen LogP contribution in [0.15, 0.2) is 11.6 Å². The molecule has 4 nitrogen and oxygen atoms in total. The summed E-state index contributed by atoms with van der Waals surface area (Å²) in [5.41, 5.74) is -0.0479. The number of likely N-dealkylation sites (tertiary alicyclic amines) is 1. The van der Waals surface area contributed by atoms with Crippen LogP contribution in [0.4, 0.5) is 8.78 Å². The minimum atomic E-state index is -2.99. The third kappa shape index (κ3) is 3.01. The Bertz CT molecular complexity index is 518. The van der Waals surface area contributed by atoms with Gasteiger partial charge < -0.3 is 10.2 Å². The standard InChI is InChI=1S/C16H22F2N2O2/c17-16(18)9-15(6-7-19-14(15)22)10-20(11-16)13(21)8-12-4-2-1-3-5-12/h4H,1-3,5-11H2,(H,19,22)/t15-/m1/s1. The highest BCUT2D eigenvalue weighted by Crippen LogP contribution is 2.43. The minimum Gasteiger partial charge on any atom is -0.356 e. The van der Waals surface area contributed by atoms with Gasteiger partial charge in [-0.05, 0) is 32.1 Å². The molecule has 22 heavy (non-hydrogen) atoms. The predicted molar refractivity (Wildman–Crippen MR) is 77.4 cm³/mol. The molecular formula is C16H22F2N2O2. The Morgan fingerprint density at radius 2 is 2.14 bits per heavy atom. The zero-order chi connectivity index (χ0) is 15.8. The molecule has 2 amide bonds. The van der Waals surface area contributed by atoms with Crippen molar-refractivity contribution in [3.63, 3.8) is 0 Å². The molecule has 2 aliphatic heterocycles. The Hall–Kier alpha value is -1.46. The molecule has 1 spiro atoms. The van der Waals surface area contributed by atoms with Crippen molar-refractivity contribution < 1.29 is 18.4 Å². The summed E-state index contributed by atoms with van der Waals surface area (Å²) in [7, 11) is 0. The quantitative estimate of drug-likeness (QED) is 0.795. The second kappa shape index (κ2) is 5.63. The van der Waals surface area contributed by atoms with Crippen LogP contribution in [-0.4, -0.2) is 42.3 Å². The van der Waals surface area contributed by atoms with Crippen molar-refractivity contribution in [2.75, 3.05) is 19.6 Å². The van der Waals surface area contributed by atoms with Gasteiger partial charge in [0, 0.05) is 25.9 Å². The summed E-state index contributed by atoms with van der Waals surface area (Å²) in [5, 5.41) is 2.64. The van der Waals surface area contributed by atoms with Crippen LogP contribution in [0.5, 0.6) is 0 Å². The van der Waals surface area contributed by atoms with Crippen LogP contribution < -0.4 is 5.32 Å². The first kappa shape index (κ1) is 15.4. The van der Waals surface area contributed by atoms with Gasteiger partial charge in [-0.15, -0.1) is 0 Å². The number of rotatable bonds is 2. The highest BCUT2D eigenvalue weighted by atomic mass is 19.3. The maximum atomic E-state index is 14.1. The normalized spacial score (nSPS) is 31.1. The van der Waals surface area contributed by atoms with Crippen molar-refractivity contribution in [1.29, 1.82) is 0 Å². The van der Waals surface area contributed by atoms with E-state index in [0.717, 1.165) is 31.3 Å². The number of carbonyl (C=O) groups excluding carboxylic acids is 2. The van der Waals surface area contributed by atoms with E-state index in [9.17, 15) is 18.4 Å². The summed E-state index contributed by atoms with van der Waals surface area (Å²) in [6, 6.07) is 0. The van der Waals surface area contributed by atoms with E-state index in [1.54, 1.807) is 0 Å². The summed E-state index contributed by atoms with van der Waals surface area (Å²) in [5.74, 6) is -3.59. The Balaban J connectivity index is 1.73. The van der Waals surface area contributed by atoms with Gasteiger partial charge in [0.15, 0.2) is 0 Å². The van der Waals surface area contributed by atoms with Crippen LogP contribution in [0.2, 0.25) is 0 Å². The van der Waals surface area contributed by atoms with Gasteiger partial charge in [0.05, 0.1) is 12.0 Å². The van der Waals surface area contributed by atoms with Gasteiger partial charge >= 0.3 is 0 Å². The van der Waals surface area contributed by atoms with Crippen LogP contribution >= 0.6 is 0 Å². The Kier molecular flexibility index (Phi) is 3.95. The van der Waals surface area contributed by atoms with Gasteiger partial charge in [0.25, 0.3) is 5.92 Å². The first-order valence-corrected chi connectivity index (χ1v) is 8.02. The van der Waals surface area contributed by atoms with Crippen molar-refractivity contribution >= 4 is 11.8 Å². The van der Waals surface area contributed by atoms with E-state index in [0.29, 0.717) is 13.0 Å². The molecule has 1 N–H and O–H groups in total. The van der Waals surface area contributed by atoms with Gasteiger partial charge in [-0.3, -0.25) is 9.59 Å². The van der Waals surface area contributed by atoms with Crippen molar-refractivity contribution in [3.05, 3.63) is 11.6 Å². The number of carbonyl (C=O) groups is 2. The average Bonchev–Trinajstić information content (AvgIpc) is 2.78. The SMILES string of the molecule is O=C(CC1=CCCCC1)N1CC(F)(F)C[C@]2(CCNC2=O)C1. The lowest BCUT2D eigenvalue weighted by molar-refractivity contribution is -0.159. The fourth-order valence-corrected chi connectivity index (χ4v) is 3.89. The second-order valence-corrected chi connectivity index (χ2v) is 6.85. The molecule has 0 saturated carbocycles. The highest BCUT2D eigenvalue weighted by molar-refractivity contribution is 5.87. The molecule has 0 bridgehead atoms. The Morgan fingerprint density at radius 1 is 1.32 bits per heavy atom. The Labute approximate surface area is 128 Å². The number of allylic oxidation sites excluding steroid dienone is 1. The number of halogens is 2. The molecule has 2 saturated heterocycles. The van der Waals surface area contributed by atoms with E-state index < -0.39 is 24.3 Å². The third-order valence-corrected chi connectivity index (χ3v) is 5.00. The smallest absolute Gasteiger partial charge is 0.266 e. The predicted octanol–water partition coefficient (Wildman–Crippen LogP) is 2.25. The Morgan fingerprint density at radius 3 is 2.77 bits per heavy atom. The third-order valence-electron chi connectivity index (χ3n) is 5.00. The van der Waals surface area contributed by atoms with Gasteiger partial charge in [0.1, 0.15) is 0 Å². The van der Waals surface area contributed by atoms with E-state index in [-0.39, 0.29) is 24.8 Å². The number of hydrogen-bond donors (Lipinski definition) is 1. The molecule has 2 heterocycles. The van der Waals surface area contributed by atoms with Crippen LogP contribution in [-0.2, 0) is 9.59 Å². The topological polar surface area (TPSA) is 49.4 Å². The number of amides is 2. The van der Waals surface area contributed by atoms with E-state index in [4.69, 9.17) is 0 Å². The molecule has 0 aromatic carbocycles.